The Morgan fingerprint density at radius 1 is 1.26 bits per heavy atom. The quantitative estimate of drug-likeness (QED) is 0.751. The Morgan fingerprint density at radius 3 is 2.58 bits per heavy atom. The second-order valence-electron chi connectivity index (χ2n) is 3.76. The molecule has 19 heavy (non-hydrogen) atoms. The maximum Gasteiger partial charge on any atom is 0.390 e. The van der Waals surface area contributed by atoms with E-state index in [4.69, 9.17) is 9.84 Å². The van der Waals surface area contributed by atoms with Crippen molar-refractivity contribution in [2.45, 2.75) is 12.6 Å². The van der Waals surface area contributed by atoms with Gasteiger partial charge < -0.3 is 15.2 Å². The highest BCUT2D eigenvalue weighted by Gasteiger charge is 2.25. The molecule has 2 N–H and O–H groups in total. The number of para-hydroxylation sites is 1. The standard InChI is InChI=1S/C12H14F3NO3/c13-12(14,15)5-6-16-7-8-19-10-4-2-1-3-9(10)11(17)18/h1-4,16H,5-8H2,(H,17,18). The maximum atomic E-state index is 11.8. The molecule has 0 aromatic heterocycles. The largest absolute Gasteiger partial charge is 0.491 e. The predicted molar refractivity (Wildman–Crippen MR) is 62.4 cm³/mol. The average molecular weight is 277 g/mol. The SMILES string of the molecule is O=C(O)c1ccccc1OCCNCCC(F)(F)F. The van der Waals surface area contributed by atoms with E-state index in [2.05, 4.69) is 5.32 Å². The van der Waals surface area contributed by atoms with Crippen LogP contribution in [-0.4, -0.2) is 36.9 Å². The summed E-state index contributed by atoms with van der Waals surface area (Å²) in [5, 5.41) is 11.4. The molecule has 1 aromatic rings. The summed E-state index contributed by atoms with van der Waals surface area (Å²) in [6.45, 7) is 0.125. The van der Waals surface area contributed by atoms with Crippen LogP contribution in [-0.2, 0) is 0 Å². The zero-order valence-electron chi connectivity index (χ0n) is 10.0. The smallest absolute Gasteiger partial charge is 0.390 e. The first-order valence-electron chi connectivity index (χ1n) is 5.63. The van der Waals surface area contributed by atoms with Gasteiger partial charge in [0.25, 0.3) is 0 Å². The first-order valence-corrected chi connectivity index (χ1v) is 5.63. The highest BCUT2D eigenvalue weighted by Crippen LogP contribution is 2.18. The number of carboxylic acids is 1. The molecule has 4 nitrogen and oxygen atoms in total. The van der Waals surface area contributed by atoms with Gasteiger partial charge in [-0.3, -0.25) is 0 Å². The molecule has 0 atom stereocenters. The Morgan fingerprint density at radius 2 is 1.95 bits per heavy atom. The van der Waals surface area contributed by atoms with Gasteiger partial charge in [-0.2, -0.15) is 13.2 Å². The third-order valence-corrected chi connectivity index (χ3v) is 2.24. The van der Waals surface area contributed by atoms with Crippen molar-refractivity contribution in [1.29, 1.82) is 0 Å². The molecule has 0 aliphatic carbocycles. The van der Waals surface area contributed by atoms with E-state index in [1.807, 2.05) is 0 Å². The number of rotatable bonds is 7. The molecule has 0 unspecified atom stereocenters. The number of hydrogen-bond donors (Lipinski definition) is 2. The lowest BCUT2D eigenvalue weighted by atomic mass is 10.2. The van der Waals surface area contributed by atoms with Gasteiger partial charge in [0.1, 0.15) is 17.9 Å². The predicted octanol–water partition coefficient (Wildman–Crippen LogP) is 2.31. The summed E-state index contributed by atoms with van der Waals surface area (Å²) in [6.07, 6.45) is -5.08. The third kappa shape index (κ3) is 6.10. The van der Waals surface area contributed by atoms with Gasteiger partial charge in [0, 0.05) is 13.1 Å². The summed E-state index contributed by atoms with van der Waals surface area (Å²) >= 11 is 0. The highest BCUT2D eigenvalue weighted by atomic mass is 19.4. The lowest BCUT2D eigenvalue weighted by Crippen LogP contribution is -2.26. The summed E-state index contributed by atoms with van der Waals surface area (Å²) in [5.74, 6) is -0.909. The molecule has 1 rings (SSSR count). The molecule has 106 valence electrons. The molecule has 0 aliphatic heterocycles. The number of nitrogens with one attached hydrogen (secondary N) is 1. The van der Waals surface area contributed by atoms with Crippen LogP contribution >= 0.6 is 0 Å². The van der Waals surface area contributed by atoms with Crippen LogP contribution in [0.15, 0.2) is 24.3 Å². The van der Waals surface area contributed by atoms with E-state index >= 15 is 0 Å². The first-order chi connectivity index (χ1) is 8.90. The topological polar surface area (TPSA) is 58.6 Å². The number of carbonyl (C=O) groups is 1. The third-order valence-electron chi connectivity index (χ3n) is 2.24. The fourth-order valence-corrected chi connectivity index (χ4v) is 1.36. The number of benzene rings is 1. The fraction of sp³-hybridized carbons (Fsp3) is 0.417. The summed E-state index contributed by atoms with van der Waals surface area (Å²) < 4.78 is 40.7. The molecule has 1 aromatic carbocycles. The second-order valence-corrected chi connectivity index (χ2v) is 3.76. The van der Waals surface area contributed by atoms with E-state index in [0.29, 0.717) is 0 Å². The molecule has 7 heteroatoms. The molecule has 0 heterocycles. The minimum absolute atomic E-state index is 0.0257. The summed E-state index contributed by atoms with van der Waals surface area (Å²) in [4.78, 5) is 10.8. The zero-order valence-corrected chi connectivity index (χ0v) is 10.0. The van der Waals surface area contributed by atoms with Crippen LogP contribution in [0.5, 0.6) is 5.75 Å². The van der Waals surface area contributed by atoms with Crippen molar-refractivity contribution >= 4 is 5.97 Å². The van der Waals surface area contributed by atoms with Gasteiger partial charge >= 0.3 is 12.1 Å². The van der Waals surface area contributed by atoms with Gasteiger partial charge in [0.2, 0.25) is 0 Å². The summed E-state index contributed by atoms with van der Waals surface area (Å²) in [6, 6.07) is 6.09. The maximum absolute atomic E-state index is 11.8. The normalized spacial score (nSPS) is 11.3. The molecule has 0 bridgehead atoms. The van der Waals surface area contributed by atoms with Crippen molar-refractivity contribution in [1.82, 2.24) is 5.32 Å². The highest BCUT2D eigenvalue weighted by molar-refractivity contribution is 5.90. The Hall–Kier alpha value is -1.76. The van der Waals surface area contributed by atoms with Gasteiger partial charge in [0.05, 0.1) is 6.42 Å². The Labute approximate surface area is 108 Å². The van der Waals surface area contributed by atoms with Gasteiger partial charge in [-0.25, -0.2) is 4.79 Å². The van der Waals surface area contributed by atoms with Crippen molar-refractivity contribution in [3.05, 3.63) is 29.8 Å². The van der Waals surface area contributed by atoms with E-state index < -0.39 is 18.6 Å². The van der Waals surface area contributed by atoms with Crippen LogP contribution in [0.4, 0.5) is 13.2 Å². The van der Waals surface area contributed by atoms with Crippen molar-refractivity contribution in [2.75, 3.05) is 19.7 Å². The number of ether oxygens (including phenoxy) is 1. The van der Waals surface area contributed by atoms with Crippen LogP contribution in [0.25, 0.3) is 0 Å². The molecular formula is C12H14F3NO3. The fourth-order valence-electron chi connectivity index (χ4n) is 1.36. The van der Waals surface area contributed by atoms with Crippen molar-refractivity contribution in [3.8, 4) is 5.75 Å². The molecule has 0 radical (unpaired) electrons. The van der Waals surface area contributed by atoms with Crippen LogP contribution in [0, 0.1) is 0 Å². The Kier molecular flexibility index (Phi) is 5.62. The van der Waals surface area contributed by atoms with Crippen LogP contribution in [0.2, 0.25) is 0 Å². The van der Waals surface area contributed by atoms with Crippen LogP contribution in [0.3, 0.4) is 0 Å². The first kappa shape index (κ1) is 15.3. The van der Waals surface area contributed by atoms with Gasteiger partial charge in [-0.05, 0) is 12.1 Å². The minimum Gasteiger partial charge on any atom is -0.491 e. The van der Waals surface area contributed by atoms with Crippen molar-refractivity contribution < 1.29 is 27.8 Å². The van der Waals surface area contributed by atoms with E-state index in [0.717, 1.165) is 0 Å². The molecule has 0 aliphatic rings. The lowest BCUT2D eigenvalue weighted by Gasteiger charge is -2.10. The number of hydrogen-bond acceptors (Lipinski definition) is 3. The monoisotopic (exact) mass is 277 g/mol. The summed E-state index contributed by atoms with van der Waals surface area (Å²) in [5.41, 5.74) is 0.0257. The molecule has 0 saturated carbocycles. The Bertz CT molecular complexity index is 421. The number of halogens is 3. The number of alkyl halides is 3. The molecule has 0 fully saturated rings. The van der Waals surface area contributed by atoms with Crippen LogP contribution < -0.4 is 10.1 Å². The van der Waals surface area contributed by atoms with Crippen LogP contribution in [0.1, 0.15) is 16.8 Å². The van der Waals surface area contributed by atoms with E-state index in [9.17, 15) is 18.0 Å². The molecule has 0 amide bonds. The van der Waals surface area contributed by atoms with Crippen molar-refractivity contribution in [2.24, 2.45) is 0 Å². The molecular weight excluding hydrogens is 263 g/mol. The number of carboxylic acid groups (broad SMARTS) is 1. The molecule has 0 saturated heterocycles. The van der Waals surface area contributed by atoms with Gasteiger partial charge in [0.15, 0.2) is 0 Å². The van der Waals surface area contributed by atoms with E-state index in [1.54, 1.807) is 12.1 Å². The lowest BCUT2D eigenvalue weighted by molar-refractivity contribution is -0.133. The van der Waals surface area contributed by atoms with Crippen molar-refractivity contribution in [3.63, 3.8) is 0 Å². The second kappa shape index (κ2) is 6.98. The van der Waals surface area contributed by atoms with Gasteiger partial charge in [-0.15, -0.1) is 0 Å². The van der Waals surface area contributed by atoms with Gasteiger partial charge in [-0.1, -0.05) is 12.1 Å². The summed E-state index contributed by atoms with van der Waals surface area (Å²) in [7, 11) is 0. The minimum atomic E-state index is -4.18. The van der Waals surface area contributed by atoms with E-state index in [-0.39, 0.29) is 31.0 Å². The average Bonchev–Trinajstić information content (AvgIpc) is 2.32. The number of aromatic carboxylic acids is 1. The molecule has 0 spiro atoms. The Balaban J connectivity index is 2.28. The van der Waals surface area contributed by atoms with E-state index in [1.165, 1.54) is 12.1 Å². The zero-order chi connectivity index (χ0) is 14.3.